The van der Waals surface area contributed by atoms with Crippen molar-refractivity contribution in [3.05, 3.63) is 94.0 Å². The average Bonchev–Trinajstić information content (AvgIpc) is 3.33. The first kappa shape index (κ1) is 21.8. The maximum absolute atomic E-state index is 13.8. The van der Waals surface area contributed by atoms with Crippen molar-refractivity contribution in [3.8, 4) is 0 Å². The summed E-state index contributed by atoms with van der Waals surface area (Å²) < 4.78 is 0. The van der Waals surface area contributed by atoms with Gasteiger partial charge in [-0.2, -0.15) is 5.10 Å². The second kappa shape index (κ2) is 8.22. The van der Waals surface area contributed by atoms with E-state index in [-0.39, 0.29) is 10.7 Å². The molecule has 4 atom stereocenters. The van der Waals surface area contributed by atoms with E-state index >= 15 is 0 Å². The van der Waals surface area contributed by atoms with Crippen LogP contribution in [0.15, 0.2) is 77.9 Å². The van der Waals surface area contributed by atoms with Gasteiger partial charge in [-0.05, 0) is 41.5 Å². The molecule has 2 saturated heterocycles. The van der Waals surface area contributed by atoms with E-state index in [1.807, 2.05) is 30.3 Å². The predicted molar refractivity (Wildman–Crippen MR) is 133 cm³/mol. The highest BCUT2D eigenvalue weighted by molar-refractivity contribution is 6.38. The van der Waals surface area contributed by atoms with Crippen molar-refractivity contribution >= 4 is 58.5 Å². The van der Waals surface area contributed by atoms with Crippen molar-refractivity contribution in [2.45, 2.75) is 12.1 Å². The van der Waals surface area contributed by atoms with Crippen molar-refractivity contribution in [1.29, 1.82) is 0 Å². The molecule has 3 aromatic carbocycles. The minimum Gasteiger partial charge on any atom is -0.324 e. The van der Waals surface area contributed by atoms with Gasteiger partial charge in [0.2, 0.25) is 17.7 Å². The summed E-state index contributed by atoms with van der Waals surface area (Å²) in [6.07, 6.45) is 1.67. The summed E-state index contributed by atoms with van der Waals surface area (Å²) in [6, 6.07) is 19.6. The quantitative estimate of drug-likeness (QED) is 0.532. The maximum atomic E-state index is 13.8. The zero-order valence-corrected chi connectivity index (χ0v) is 19.6. The molecule has 3 aliphatic heterocycles. The zero-order chi connectivity index (χ0) is 24.3. The Balaban J connectivity index is 1.46. The predicted octanol–water partition coefficient (Wildman–Crippen LogP) is 4.51. The van der Waals surface area contributed by atoms with E-state index in [0.717, 1.165) is 16.0 Å². The SMILES string of the molecule is O=C(Nc1ccccc1)[C@H]1[C@H]2C(=O)N(c3ccc(Cl)cc3Cl)C(=O)[C@H]2[C@@H]2c3ccccc3C=NN12. The first-order chi connectivity index (χ1) is 17.0. The van der Waals surface area contributed by atoms with Gasteiger partial charge in [0.15, 0.2) is 0 Å². The number of nitrogens with zero attached hydrogens (tertiary/aromatic N) is 3. The summed E-state index contributed by atoms with van der Waals surface area (Å²) >= 11 is 12.4. The lowest BCUT2D eigenvalue weighted by Crippen LogP contribution is -2.46. The van der Waals surface area contributed by atoms with Gasteiger partial charge in [-0.15, -0.1) is 0 Å². The van der Waals surface area contributed by atoms with Crippen LogP contribution in [0.2, 0.25) is 10.0 Å². The lowest BCUT2D eigenvalue weighted by atomic mass is 9.85. The smallest absolute Gasteiger partial charge is 0.249 e. The number of hydrogen-bond acceptors (Lipinski definition) is 5. The van der Waals surface area contributed by atoms with Crippen LogP contribution in [-0.2, 0) is 14.4 Å². The Bertz CT molecular complexity index is 1410. The number of halogens is 2. The Morgan fingerprint density at radius 3 is 2.37 bits per heavy atom. The molecule has 174 valence electrons. The fourth-order valence-electron chi connectivity index (χ4n) is 5.31. The molecule has 3 amide bonds. The van der Waals surface area contributed by atoms with E-state index in [2.05, 4.69) is 10.4 Å². The molecule has 0 saturated carbocycles. The van der Waals surface area contributed by atoms with Crippen LogP contribution in [0.4, 0.5) is 11.4 Å². The van der Waals surface area contributed by atoms with Gasteiger partial charge < -0.3 is 5.32 Å². The fraction of sp³-hybridized carbons (Fsp3) is 0.154. The van der Waals surface area contributed by atoms with E-state index in [9.17, 15) is 14.4 Å². The summed E-state index contributed by atoms with van der Waals surface area (Å²) in [4.78, 5) is 42.3. The van der Waals surface area contributed by atoms with Crippen LogP contribution in [0.3, 0.4) is 0 Å². The average molecular weight is 505 g/mol. The van der Waals surface area contributed by atoms with E-state index < -0.39 is 41.6 Å². The highest BCUT2D eigenvalue weighted by Crippen LogP contribution is 2.53. The van der Waals surface area contributed by atoms with E-state index in [4.69, 9.17) is 23.2 Å². The standard InChI is InChI=1S/C26H18Cl2N4O3/c27-15-10-11-19(18(28)12-15)31-25(34)20-21(26(31)35)23(24(33)30-16-7-2-1-3-8-16)32-22(20)17-9-5-4-6-14(17)13-29-32/h1-13,20-23H,(H,30,33)/t20-,21+,22+,23-/m1/s1. The summed E-state index contributed by atoms with van der Waals surface area (Å²) in [5.74, 6) is -3.05. The van der Waals surface area contributed by atoms with Gasteiger partial charge in [0.25, 0.3) is 0 Å². The summed E-state index contributed by atoms with van der Waals surface area (Å²) in [6.45, 7) is 0. The number of nitrogens with one attached hydrogen (secondary N) is 1. The largest absolute Gasteiger partial charge is 0.324 e. The molecule has 0 bridgehead atoms. The summed E-state index contributed by atoms with van der Waals surface area (Å²) in [7, 11) is 0. The minimum absolute atomic E-state index is 0.184. The second-order valence-electron chi connectivity index (χ2n) is 8.66. The van der Waals surface area contributed by atoms with Gasteiger partial charge >= 0.3 is 0 Å². The van der Waals surface area contributed by atoms with Crippen LogP contribution >= 0.6 is 23.2 Å². The molecule has 0 aliphatic carbocycles. The third-order valence-corrected chi connectivity index (χ3v) is 7.29. The molecule has 3 aromatic rings. The normalized spacial score (nSPS) is 24.3. The van der Waals surface area contributed by atoms with Gasteiger partial charge in [0.05, 0.1) is 34.8 Å². The Morgan fingerprint density at radius 1 is 0.886 bits per heavy atom. The van der Waals surface area contributed by atoms with Gasteiger partial charge in [0.1, 0.15) is 6.04 Å². The van der Waals surface area contributed by atoms with Crippen molar-refractivity contribution in [2.24, 2.45) is 16.9 Å². The van der Waals surface area contributed by atoms with Crippen LogP contribution in [0.5, 0.6) is 0 Å². The third kappa shape index (κ3) is 3.34. The summed E-state index contributed by atoms with van der Waals surface area (Å²) in [5.41, 5.74) is 2.53. The molecule has 2 fully saturated rings. The first-order valence-corrected chi connectivity index (χ1v) is 11.8. The molecule has 7 nitrogen and oxygen atoms in total. The number of benzene rings is 3. The van der Waals surface area contributed by atoms with E-state index in [0.29, 0.717) is 10.7 Å². The summed E-state index contributed by atoms with van der Waals surface area (Å²) in [5, 5.41) is 9.59. The molecule has 0 unspecified atom stereocenters. The number of rotatable bonds is 3. The highest BCUT2D eigenvalue weighted by atomic mass is 35.5. The Morgan fingerprint density at radius 2 is 1.60 bits per heavy atom. The molecule has 0 spiro atoms. The lowest BCUT2D eigenvalue weighted by molar-refractivity contribution is -0.129. The van der Waals surface area contributed by atoms with Crippen molar-refractivity contribution in [1.82, 2.24) is 5.01 Å². The highest BCUT2D eigenvalue weighted by Gasteiger charge is 2.65. The Kier molecular flexibility index (Phi) is 5.12. The number of hydrogen-bond donors (Lipinski definition) is 1. The molecular weight excluding hydrogens is 487 g/mol. The number of fused-ring (bicyclic) bond motifs is 5. The molecule has 1 N–H and O–H groups in total. The van der Waals surface area contributed by atoms with Gasteiger partial charge in [-0.25, -0.2) is 4.90 Å². The van der Waals surface area contributed by atoms with E-state index in [1.165, 1.54) is 6.07 Å². The molecule has 6 rings (SSSR count). The number of hydrazone groups is 1. The zero-order valence-electron chi connectivity index (χ0n) is 18.1. The van der Waals surface area contributed by atoms with Crippen LogP contribution in [0.25, 0.3) is 0 Å². The lowest BCUT2D eigenvalue weighted by Gasteiger charge is -2.33. The van der Waals surface area contributed by atoms with Crippen LogP contribution < -0.4 is 10.2 Å². The second-order valence-corrected chi connectivity index (χ2v) is 9.50. The molecule has 3 aliphatic rings. The maximum Gasteiger partial charge on any atom is 0.249 e. The molecule has 0 radical (unpaired) electrons. The number of carbonyl (C=O) groups is 3. The first-order valence-electron chi connectivity index (χ1n) is 11.1. The number of para-hydroxylation sites is 1. The van der Waals surface area contributed by atoms with Gasteiger partial charge in [-0.1, -0.05) is 65.7 Å². The molecule has 0 aromatic heterocycles. The number of carbonyl (C=O) groups excluding carboxylic acids is 3. The molecule has 9 heteroatoms. The van der Waals surface area contributed by atoms with Crippen molar-refractivity contribution in [3.63, 3.8) is 0 Å². The van der Waals surface area contributed by atoms with Gasteiger partial charge in [0, 0.05) is 10.7 Å². The number of imide groups is 1. The van der Waals surface area contributed by atoms with Gasteiger partial charge in [-0.3, -0.25) is 19.4 Å². The number of anilines is 2. The van der Waals surface area contributed by atoms with Crippen LogP contribution in [-0.4, -0.2) is 35.0 Å². The van der Waals surface area contributed by atoms with Crippen molar-refractivity contribution < 1.29 is 14.4 Å². The van der Waals surface area contributed by atoms with Crippen molar-refractivity contribution in [2.75, 3.05) is 10.2 Å². The molecule has 35 heavy (non-hydrogen) atoms. The number of amides is 3. The monoisotopic (exact) mass is 504 g/mol. The van der Waals surface area contributed by atoms with Crippen LogP contribution in [0.1, 0.15) is 17.2 Å². The topological polar surface area (TPSA) is 82.1 Å². The van der Waals surface area contributed by atoms with E-state index in [1.54, 1.807) is 47.6 Å². The Labute approximate surface area is 210 Å². The van der Waals surface area contributed by atoms with Crippen LogP contribution in [0, 0.1) is 11.8 Å². The Hall–Kier alpha value is -3.68. The molecule has 3 heterocycles. The fourth-order valence-corrected chi connectivity index (χ4v) is 5.80. The minimum atomic E-state index is -0.984. The molecular formula is C26H18Cl2N4O3. The third-order valence-electron chi connectivity index (χ3n) is 6.75.